The Labute approximate surface area is 436 Å². The number of hydrogen-bond donors (Lipinski definition) is 1. The zero-order valence-corrected chi connectivity index (χ0v) is 44.0. The molecule has 4 saturated heterocycles. The Kier molecular flexibility index (Phi) is 15.0. The van der Waals surface area contributed by atoms with Gasteiger partial charge in [-0.25, -0.2) is 25.0 Å². The minimum absolute atomic E-state index is 0.0716. The molecule has 73 heavy (non-hydrogen) atoms. The van der Waals surface area contributed by atoms with E-state index in [1.807, 2.05) is 58.1 Å². The summed E-state index contributed by atoms with van der Waals surface area (Å²) in [5.74, 6) is 6.62. The van der Waals surface area contributed by atoms with Gasteiger partial charge in [-0.05, 0) is 108 Å². The van der Waals surface area contributed by atoms with Crippen LogP contribution in [0.1, 0.15) is 82.0 Å². The number of nitrogens with two attached hydrogens (primary N) is 1. The molecular formula is C53H61BrN8O10S. The highest BCUT2D eigenvalue weighted by molar-refractivity contribution is 9.09. The molecule has 0 saturated carbocycles. The fourth-order valence-electron chi connectivity index (χ4n) is 13.3. The van der Waals surface area contributed by atoms with Crippen LogP contribution in [0.25, 0.3) is 0 Å². The number of hydrogen-bond acceptors (Lipinski definition) is 14. The number of fused-ring (bicyclic) bond motifs is 12. The lowest BCUT2D eigenvalue weighted by molar-refractivity contribution is 0.113. The fourth-order valence-corrected chi connectivity index (χ4v) is 14.3. The number of alkyl halides is 1. The van der Waals surface area contributed by atoms with E-state index in [1.165, 1.54) is 61.8 Å². The van der Waals surface area contributed by atoms with Crippen molar-refractivity contribution >= 4 is 63.2 Å². The summed E-state index contributed by atoms with van der Waals surface area (Å²) in [5.41, 5.74) is 11.4. The molecule has 0 radical (unpaired) electrons. The van der Waals surface area contributed by atoms with E-state index in [2.05, 4.69) is 64.5 Å². The van der Waals surface area contributed by atoms with E-state index in [4.69, 9.17) is 43.4 Å². The van der Waals surface area contributed by atoms with E-state index < -0.39 is 17.1 Å². The van der Waals surface area contributed by atoms with E-state index in [1.54, 1.807) is 9.91 Å². The number of likely N-dealkylation sites (tertiary alicyclic amines) is 4. The first-order valence-corrected chi connectivity index (χ1v) is 26.1. The van der Waals surface area contributed by atoms with Crippen molar-refractivity contribution in [3.63, 3.8) is 0 Å². The largest absolute Gasteiger partial charge is 0.453 e. The van der Waals surface area contributed by atoms with Gasteiger partial charge in [-0.1, -0.05) is 88.7 Å². The zero-order valence-electron chi connectivity index (χ0n) is 41.6. The van der Waals surface area contributed by atoms with Crippen molar-refractivity contribution in [1.82, 2.24) is 19.6 Å². The van der Waals surface area contributed by atoms with Gasteiger partial charge in [0.15, 0.2) is 0 Å². The summed E-state index contributed by atoms with van der Waals surface area (Å²) in [7, 11) is 7.59. The molecule has 18 nitrogen and oxygen atoms in total. The molecule has 8 aliphatic rings. The molecule has 0 unspecified atom stereocenters. The molecule has 4 aromatic rings. The van der Waals surface area contributed by atoms with E-state index >= 15 is 0 Å². The number of carbonyl (C=O) groups is 4. The summed E-state index contributed by atoms with van der Waals surface area (Å²) < 4.78 is 36.3. The average molecular weight is 1080 g/mol. The van der Waals surface area contributed by atoms with Crippen LogP contribution in [-0.2, 0) is 66.1 Å². The number of carbonyl (C=O) groups excluding carboxylic acids is 4. The van der Waals surface area contributed by atoms with Crippen molar-refractivity contribution in [1.29, 1.82) is 0 Å². The Hall–Kier alpha value is -6.38. The molecular weight excluding hydrogens is 1020 g/mol. The monoisotopic (exact) mass is 1080 g/mol. The molecule has 4 fully saturated rings. The highest BCUT2D eigenvalue weighted by atomic mass is 79.9. The number of ether oxygens (including phenoxy) is 4. The topological polar surface area (TPSA) is 206 Å². The maximum Gasteiger partial charge on any atom is 0.409 e. The van der Waals surface area contributed by atoms with Gasteiger partial charge in [0.25, 0.3) is 0 Å². The van der Waals surface area contributed by atoms with Gasteiger partial charge in [-0.15, -0.1) is 0 Å². The second-order valence-corrected chi connectivity index (χ2v) is 21.1. The number of azo groups is 1. The summed E-state index contributed by atoms with van der Waals surface area (Å²) in [4.78, 5) is 55.6. The molecule has 0 spiro atoms. The van der Waals surface area contributed by atoms with Crippen LogP contribution in [0.5, 0.6) is 0 Å². The Morgan fingerprint density at radius 1 is 0.616 bits per heavy atom. The number of halogens is 1. The van der Waals surface area contributed by atoms with Crippen LogP contribution in [0, 0.1) is 0 Å². The number of rotatable bonds is 3. The molecule has 4 aliphatic carbocycles. The summed E-state index contributed by atoms with van der Waals surface area (Å²) in [6.45, 7) is 2.86. The lowest BCUT2D eigenvalue weighted by Crippen LogP contribution is -2.42. The first-order valence-electron chi connectivity index (χ1n) is 24.6. The highest BCUT2D eigenvalue weighted by Crippen LogP contribution is 2.54. The summed E-state index contributed by atoms with van der Waals surface area (Å²) >= 11 is 3.11. The van der Waals surface area contributed by atoms with Crippen LogP contribution in [0.4, 0.5) is 30.6 Å². The Morgan fingerprint density at radius 3 is 1.68 bits per heavy atom. The van der Waals surface area contributed by atoms with Gasteiger partial charge >= 0.3 is 35.9 Å². The van der Waals surface area contributed by atoms with E-state index in [9.17, 15) is 19.2 Å². The highest BCUT2D eigenvalue weighted by Gasteiger charge is 2.57. The van der Waals surface area contributed by atoms with Gasteiger partial charge in [0.2, 0.25) is 0 Å². The van der Waals surface area contributed by atoms with Gasteiger partial charge in [0.1, 0.15) is 5.54 Å². The molecule has 2 N–H and O–H groups in total. The molecule has 386 valence electrons. The number of nitrogens with zero attached hydrogens (tertiary/aromatic N) is 7. The van der Waals surface area contributed by atoms with Crippen molar-refractivity contribution in [2.24, 2.45) is 16.1 Å². The van der Waals surface area contributed by atoms with Gasteiger partial charge in [0.05, 0.1) is 56.2 Å². The lowest BCUT2D eigenvalue weighted by atomic mass is 9.89. The summed E-state index contributed by atoms with van der Waals surface area (Å²) in [5, 5.41) is 11.5. The third-order valence-corrected chi connectivity index (χ3v) is 17.9. The van der Waals surface area contributed by atoms with Gasteiger partial charge in [-0.2, -0.15) is 18.6 Å². The van der Waals surface area contributed by atoms with Crippen molar-refractivity contribution in [3.05, 3.63) is 129 Å². The molecule has 0 aromatic heterocycles. The number of amides is 4. The predicted molar refractivity (Wildman–Crippen MR) is 274 cm³/mol. The molecule has 4 aromatic carbocycles. The van der Waals surface area contributed by atoms with Crippen molar-refractivity contribution in [3.8, 4) is 0 Å². The normalized spacial score (nSPS) is 26.7. The number of benzene rings is 4. The van der Waals surface area contributed by atoms with Crippen molar-refractivity contribution in [2.75, 3.05) is 66.7 Å². The van der Waals surface area contributed by atoms with Gasteiger partial charge in [0, 0.05) is 57.1 Å². The van der Waals surface area contributed by atoms with E-state index in [-0.39, 0.29) is 52.9 Å². The maximum atomic E-state index is 12.5. The minimum atomic E-state index is -0.750. The Bertz CT molecular complexity index is 2850. The number of hydrazine groups is 1. The fraction of sp³-hybridized carbons (Fsp3) is 0.472. The summed E-state index contributed by atoms with van der Waals surface area (Å²) in [6, 6.07) is 29.5. The molecule has 4 heterocycles. The Morgan fingerprint density at radius 2 is 1.10 bits per heavy atom. The van der Waals surface area contributed by atoms with Crippen LogP contribution in [0.3, 0.4) is 0 Å². The standard InChI is InChI=1S/C26H28N4O4.C14H19N3O2.C13H14BrNO2.O2S/c1-33-24(31)29-12-10-18-17-7-5-9-21(19(17)15-22(18)29)27-28-26-11-13-30(25(32)34-2)23(26)14-16-6-3-4-8-20(16)26;1-16(15)12-5-3-4-9-10-6-7-17(14(18)19-2)13(10)8-11(9)12;1-17-12(16)15-7-6-13(14)10-5-3-2-4-9(10)8-11(13)15;1-3-2/h3-9,18,22-23H,10-15H2,1-2H3;3-5,10,13H,6-8,15H2,1-2H3;2-5,11H,6-8H2,1H3;/t18-,22+,23+,26+;10-,13+;11-,13-;/m110./s1. The minimum Gasteiger partial charge on any atom is -0.453 e. The van der Waals surface area contributed by atoms with Gasteiger partial charge < -0.3 is 43.6 Å². The molecule has 8 atom stereocenters. The third-order valence-electron chi connectivity index (χ3n) is 16.5. The third kappa shape index (κ3) is 9.02. The van der Waals surface area contributed by atoms with E-state index in [0.29, 0.717) is 24.8 Å². The van der Waals surface area contributed by atoms with Crippen LogP contribution in [0.2, 0.25) is 0 Å². The lowest BCUT2D eigenvalue weighted by Gasteiger charge is -2.28. The average Bonchev–Trinajstić information content (AvgIpc) is 4.29. The first kappa shape index (κ1) is 51.5. The number of anilines is 1. The van der Waals surface area contributed by atoms with Crippen LogP contribution >= 0.6 is 15.9 Å². The quantitative estimate of drug-likeness (QED) is 0.0681. The molecule has 4 amide bonds. The molecule has 4 aliphatic heterocycles. The summed E-state index contributed by atoms with van der Waals surface area (Å²) in [6.07, 6.45) is 5.86. The van der Waals surface area contributed by atoms with Crippen LogP contribution in [-0.4, -0.2) is 138 Å². The Balaban J connectivity index is 0.000000142. The SMILES string of the molecule is COC(=O)N1CC[C@@H]2c3cccc(N(C)N)c3C[C@@H]21.COC(=O)N1CC[C@]2(Br)c3ccccc3C[C@H]12.COC(=O)N1CC[C@]2(N=Nc3cccc4c3C[C@H]3[C@@H]4CCN3C(=O)OC)c3ccccc3C[C@H]12.O=S=O. The molecule has 12 rings (SSSR count). The van der Waals surface area contributed by atoms with Gasteiger partial charge in [-0.3, -0.25) is 0 Å². The smallest absolute Gasteiger partial charge is 0.409 e. The second-order valence-electron chi connectivity index (χ2n) is 19.6. The maximum absolute atomic E-state index is 12.5. The van der Waals surface area contributed by atoms with Crippen LogP contribution in [0.15, 0.2) is 95.2 Å². The van der Waals surface area contributed by atoms with E-state index in [0.717, 1.165) is 87.1 Å². The van der Waals surface area contributed by atoms with Crippen molar-refractivity contribution < 1.29 is 46.5 Å². The number of methoxy groups -OCH3 is 4. The zero-order chi connectivity index (χ0) is 51.8. The molecule has 20 heteroatoms. The van der Waals surface area contributed by atoms with Crippen molar-refractivity contribution in [2.45, 2.75) is 97.2 Å². The first-order chi connectivity index (χ1) is 35.3. The molecule has 0 bridgehead atoms. The second kappa shape index (κ2) is 21.2. The van der Waals surface area contributed by atoms with Crippen LogP contribution < -0.4 is 10.9 Å². The predicted octanol–water partition coefficient (Wildman–Crippen LogP) is 8.02.